The van der Waals surface area contributed by atoms with E-state index < -0.39 is 17.4 Å². The van der Waals surface area contributed by atoms with Gasteiger partial charge in [0.1, 0.15) is 6.04 Å². The quantitative estimate of drug-likeness (QED) is 0.646. The molecule has 0 aliphatic heterocycles. The molecule has 5 heteroatoms. The molecule has 1 saturated carbocycles. The molecule has 1 amide bonds. The maximum absolute atomic E-state index is 12.3. The average molecular weight is 256 g/mol. The van der Waals surface area contributed by atoms with E-state index in [1.54, 1.807) is 6.92 Å². The van der Waals surface area contributed by atoms with Crippen LogP contribution in [0.4, 0.5) is 0 Å². The van der Waals surface area contributed by atoms with Crippen molar-refractivity contribution in [1.82, 2.24) is 5.32 Å². The Balaban J connectivity index is 2.74. The average Bonchev–Trinajstić information content (AvgIpc) is 2.61. The molecule has 0 aromatic heterocycles. The summed E-state index contributed by atoms with van der Waals surface area (Å²) in [6.07, 6.45) is 6.18. The van der Waals surface area contributed by atoms with Gasteiger partial charge in [-0.15, -0.1) is 0 Å². The third kappa shape index (κ3) is 3.45. The van der Waals surface area contributed by atoms with E-state index in [4.69, 9.17) is 10.8 Å². The first-order valence-corrected chi connectivity index (χ1v) is 6.79. The lowest BCUT2D eigenvalue weighted by Gasteiger charge is -2.31. The number of aliphatic carboxylic acids is 1. The predicted octanol–water partition coefficient (Wildman–Crippen LogP) is 1.27. The second kappa shape index (κ2) is 6.73. The summed E-state index contributed by atoms with van der Waals surface area (Å²) in [4.78, 5) is 23.3. The molecule has 0 radical (unpaired) electrons. The fourth-order valence-electron chi connectivity index (χ4n) is 2.58. The summed E-state index contributed by atoms with van der Waals surface area (Å²) in [5.74, 6) is -1.16. The standard InChI is InChI=1S/C13H24N2O3/c1-2-10(11(16)17)15-12(18)13(9-14)7-5-3-4-6-8-13/h10H,2-9,14H2,1H3,(H,15,18)(H,16,17)/t10-/m0/s1. The zero-order chi connectivity index (χ0) is 13.6. The van der Waals surface area contributed by atoms with Crippen molar-refractivity contribution in [3.05, 3.63) is 0 Å². The molecule has 0 heterocycles. The smallest absolute Gasteiger partial charge is 0.326 e. The summed E-state index contributed by atoms with van der Waals surface area (Å²) in [7, 11) is 0. The van der Waals surface area contributed by atoms with Crippen molar-refractivity contribution in [3.63, 3.8) is 0 Å². The largest absolute Gasteiger partial charge is 0.480 e. The highest BCUT2D eigenvalue weighted by atomic mass is 16.4. The predicted molar refractivity (Wildman–Crippen MR) is 69.0 cm³/mol. The van der Waals surface area contributed by atoms with E-state index in [0.717, 1.165) is 38.5 Å². The monoisotopic (exact) mass is 256 g/mol. The zero-order valence-corrected chi connectivity index (χ0v) is 11.1. The lowest BCUT2D eigenvalue weighted by atomic mass is 9.79. The van der Waals surface area contributed by atoms with Gasteiger partial charge in [0.25, 0.3) is 0 Å². The van der Waals surface area contributed by atoms with Gasteiger partial charge in [-0.25, -0.2) is 4.79 Å². The minimum Gasteiger partial charge on any atom is -0.480 e. The second-order valence-electron chi connectivity index (χ2n) is 5.17. The molecule has 1 fully saturated rings. The molecule has 0 spiro atoms. The van der Waals surface area contributed by atoms with Crippen LogP contribution >= 0.6 is 0 Å². The minimum atomic E-state index is -0.980. The Morgan fingerprint density at radius 1 is 1.28 bits per heavy atom. The fourth-order valence-corrected chi connectivity index (χ4v) is 2.58. The number of rotatable bonds is 5. The highest BCUT2D eigenvalue weighted by molar-refractivity contribution is 5.87. The van der Waals surface area contributed by atoms with Crippen molar-refractivity contribution in [3.8, 4) is 0 Å². The van der Waals surface area contributed by atoms with Gasteiger partial charge in [0.15, 0.2) is 0 Å². The molecule has 0 bridgehead atoms. The Kier molecular flexibility index (Phi) is 5.59. The van der Waals surface area contributed by atoms with Gasteiger partial charge < -0.3 is 16.2 Å². The summed E-state index contributed by atoms with van der Waals surface area (Å²) < 4.78 is 0. The van der Waals surface area contributed by atoms with Crippen LogP contribution in [0.2, 0.25) is 0 Å². The number of hydrogen-bond donors (Lipinski definition) is 3. The lowest BCUT2D eigenvalue weighted by Crippen LogP contribution is -2.51. The number of nitrogens with one attached hydrogen (secondary N) is 1. The van der Waals surface area contributed by atoms with Gasteiger partial charge in [-0.3, -0.25) is 4.79 Å². The van der Waals surface area contributed by atoms with Crippen LogP contribution in [0.1, 0.15) is 51.9 Å². The number of carbonyl (C=O) groups excluding carboxylic acids is 1. The maximum atomic E-state index is 12.3. The minimum absolute atomic E-state index is 0.179. The Morgan fingerprint density at radius 2 is 1.83 bits per heavy atom. The first kappa shape index (κ1) is 15.0. The van der Waals surface area contributed by atoms with Crippen LogP contribution < -0.4 is 11.1 Å². The van der Waals surface area contributed by atoms with Crippen LogP contribution in [0.15, 0.2) is 0 Å². The van der Waals surface area contributed by atoms with Crippen LogP contribution in [-0.2, 0) is 9.59 Å². The molecule has 0 unspecified atom stereocenters. The Hall–Kier alpha value is -1.10. The van der Waals surface area contributed by atoms with Gasteiger partial charge in [0, 0.05) is 6.54 Å². The fraction of sp³-hybridized carbons (Fsp3) is 0.846. The van der Waals surface area contributed by atoms with Gasteiger partial charge in [0.05, 0.1) is 5.41 Å². The van der Waals surface area contributed by atoms with E-state index in [2.05, 4.69) is 5.32 Å². The molecule has 0 aromatic rings. The molecule has 1 atom stereocenters. The zero-order valence-electron chi connectivity index (χ0n) is 11.1. The Labute approximate surface area is 108 Å². The molecule has 5 nitrogen and oxygen atoms in total. The van der Waals surface area contributed by atoms with Crippen molar-refractivity contribution < 1.29 is 14.7 Å². The van der Waals surface area contributed by atoms with E-state index in [1.165, 1.54) is 0 Å². The molecular weight excluding hydrogens is 232 g/mol. The van der Waals surface area contributed by atoms with Crippen molar-refractivity contribution in [2.75, 3.05) is 6.54 Å². The van der Waals surface area contributed by atoms with E-state index >= 15 is 0 Å². The normalized spacial score (nSPS) is 20.8. The molecule has 0 saturated heterocycles. The summed E-state index contributed by atoms with van der Waals surface area (Å²) in [5.41, 5.74) is 5.24. The van der Waals surface area contributed by atoms with Gasteiger partial charge >= 0.3 is 5.97 Å². The molecule has 0 aromatic carbocycles. The highest BCUT2D eigenvalue weighted by Gasteiger charge is 2.38. The summed E-state index contributed by atoms with van der Waals surface area (Å²) in [6, 6.07) is -0.802. The van der Waals surface area contributed by atoms with Crippen molar-refractivity contribution in [1.29, 1.82) is 0 Å². The van der Waals surface area contributed by atoms with Crippen LogP contribution in [0.25, 0.3) is 0 Å². The third-order valence-electron chi connectivity index (χ3n) is 3.94. The molecule has 18 heavy (non-hydrogen) atoms. The molecule has 1 aliphatic rings. The molecule has 1 aliphatic carbocycles. The van der Waals surface area contributed by atoms with E-state index in [1.807, 2.05) is 0 Å². The Bertz CT molecular complexity index is 297. The van der Waals surface area contributed by atoms with Gasteiger partial charge in [0.2, 0.25) is 5.91 Å². The molecular formula is C13H24N2O3. The van der Waals surface area contributed by atoms with Crippen LogP contribution in [-0.4, -0.2) is 29.6 Å². The first-order chi connectivity index (χ1) is 8.55. The second-order valence-corrected chi connectivity index (χ2v) is 5.17. The lowest BCUT2D eigenvalue weighted by molar-refractivity contribution is -0.144. The number of hydrogen-bond acceptors (Lipinski definition) is 3. The van der Waals surface area contributed by atoms with E-state index in [-0.39, 0.29) is 5.91 Å². The number of amides is 1. The number of carbonyl (C=O) groups is 2. The van der Waals surface area contributed by atoms with E-state index in [0.29, 0.717) is 13.0 Å². The number of carboxylic acid groups (broad SMARTS) is 1. The third-order valence-corrected chi connectivity index (χ3v) is 3.94. The highest BCUT2D eigenvalue weighted by Crippen LogP contribution is 2.34. The van der Waals surface area contributed by atoms with Crippen molar-refractivity contribution >= 4 is 11.9 Å². The summed E-state index contributed by atoms with van der Waals surface area (Å²) >= 11 is 0. The van der Waals surface area contributed by atoms with Crippen molar-refractivity contribution in [2.24, 2.45) is 11.1 Å². The molecule has 4 N–H and O–H groups in total. The number of nitrogens with two attached hydrogens (primary N) is 1. The van der Waals surface area contributed by atoms with Crippen LogP contribution in [0.5, 0.6) is 0 Å². The number of carboxylic acids is 1. The molecule has 1 rings (SSSR count). The van der Waals surface area contributed by atoms with Gasteiger partial charge in [-0.1, -0.05) is 32.6 Å². The topological polar surface area (TPSA) is 92.4 Å². The Morgan fingerprint density at radius 3 is 2.22 bits per heavy atom. The SMILES string of the molecule is CC[C@H](NC(=O)C1(CN)CCCCCC1)C(=O)O. The summed E-state index contributed by atoms with van der Waals surface area (Å²) in [5, 5.41) is 11.6. The first-order valence-electron chi connectivity index (χ1n) is 6.79. The summed E-state index contributed by atoms with van der Waals surface area (Å²) in [6.45, 7) is 2.05. The van der Waals surface area contributed by atoms with Crippen LogP contribution in [0.3, 0.4) is 0 Å². The van der Waals surface area contributed by atoms with Crippen molar-refractivity contribution in [2.45, 2.75) is 57.9 Å². The molecule has 104 valence electrons. The van der Waals surface area contributed by atoms with Crippen LogP contribution in [0, 0.1) is 5.41 Å². The van der Waals surface area contributed by atoms with Gasteiger partial charge in [-0.05, 0) is 19.3 Å². The maximum Gasteiger partial charge on any atom is 0.326 e. The van der Waals surface area contributed by atoms with E-state index in [9.17, 15) is 9.59 Å². The van der Waals surface area contributed by atoms with Gasteiger partial charge in [-0.2, -0.15) is 0 Å².